The maximum absolute atomic E-state index is 11.3. The summed E-state index contributed by atoms with van der Waals surface area (Å²) < 4.78 is 27.6. The molecule has 2 aromatic rings. The summed E-state index contributed by atoms with van der Waals surface area (Å²) >= 11 is 0. The number of nitrogens with one attached hydrogen (secondary N) is 1. The van der Waals surface area contributed by atoms with Gasteiger partial charge in [0.2, 0.25) is 10.0 Å². The van der Waals surface area contributed by atoms with E-state index in [2.05, 4.69) is 10.5 Å². The Bertz CT molecular complexity index is 718. The second kappa shape index (κ2) is 5.14. The SMILES string of the molecule is Cc1noc(C)c1CNc1ccc(S(N)(=O)=O)c(N)c1. The molecule has 7 nitrogen and oxygen atoms in total. The largest absolute Gasteiger partial charge is 0.398 e. The summed E-state index contributed by atoms with van der Waals surface area (Å²) in [6, 6.07) is 4.51. The molecule has 8 heteroatoms. The van der Waals surface area contributed by atoms with Crippen LogP contribution in [0.3, 0.4) is 0 Å². The van der Waals surface area contributed by atoms with Crippen molar-refractivity contribution in [1.29, 1.82) is 0 Å². The van der Waals surface area contributed by atoms with Crippen molar-refractivity contribution in [2.75, 3.05) is 11.1 Å². The number of sulfonamides is 1. The summed E-state index contributed by atoms with van der Waals surface area (Å²) in [5, 5.41) is 12.0. The van der Waals surface area contributed by atoms with Gasteiger partial charge >= 0.3 is 0 Å². The Balaban J connectivity index is 2.18. The lowest BCUT2D eigenvalue weighted by atomic mass is 10.2. The molecule has 0 amide bonds. The van der Waals surface area contributed by atoms with Crippen LogP contribution < -0.4 is 16.2 Å². The first-order chi connectivity index (χ1) is 9.29. The molecule has 108 valence electrons. The van der Waals surface area contributed by atoms with E-state index in [1.54, 1.807) is 6.07 Å². The molecule has 0 aliphatic carbocycles. The highest BCUT2D eigenvalue weighted by molar-refractivity contribution is 7.89. The zero-order chi connectivity index (χ0) is 14.9. The van der Waals surface area contributed by atoms with Gasteiger partial charge in [-0.3, -0.25) is 0 Å². The van der Waals surface area contributed by atoms with Crippen LogP contribution in [0.15, 0.2) is 27.6 Å². The summed E-state index contributed by atoms with van der Waals surface area (Å²) in [7, 11) is -3.80. The van der Waals surface area contributed by atoms with Gasteiger partial charge in [-0.25, -0.2) is 13.6 Å². The summed E-state index contributed by atoms with van der Waals surface area (Å²) in [6.07, 6.45) is 0. The molecule has 0 fully saturated rings. The predicted octanol–water partition coefficient (Wildman–Crippen LogP) is 1.13. The monoisotopic (exact) mass is 296 g/mol. The molecule has 0 aliphatic heterocycles. The summed E-state index contributed by atoms with van der Waals surface area (Å²) in [5.74, 6) is 0.740. The Morgan fingerprint density at radius 2 is 2.05 bits per heavy atom. The van der Waals surface area contributed by atoms with Gasteiger partial charge in [-0.05, 0) is 32.0 Å². The zero-order valence-corrected chi connectivity index (χ0v) is 12.0. The van der Waals surface area contributed by atoms with E-state index in [1.807, 2.05) is 13.8 Å². The fraction of sp³-hybridized carbons (Fsp3) is 0.250. The molecule has 0 spiro atoms. The number of hydrogen-bond donors (Lipinski definition) is 3. The number of nitrogens with two attached hydrogens (primary N) is 2. The smallest absolute Gasteiger partial charge is 0.240 e. The lowest BCUT2D eigenvalue weighted by molar-refractivity contribution is 0.392. The van der Waals surface area contributed by atoms with Crippen molar-refractivity contribution in [3.8, 4) is 0 Å². The van der Waals surface area contributed by atoms with Crippen LogP contribution >= 0.6 is 0 Å². The number of aryl methyl sites for hydroxylation is 2. The second-order valence-electron chi connectivity index (χ2n) is 4.45. The lowest BCUT2D eigenvalue weighted by Crippen LogP contribution is -2.14. The highest BCUT2D eigenvalue weighted by atomic mass is 32.2. The Morgan fingerprint density at radius 1 is 1.35 bits per heavy atom. The Labute approximate surface area is 117 Å². The van der Waals surface area contributed by atoms with Crippen molar-refractivity contribution < 1.29 is 12.9 Å². The molecule has 0 atom stereocenters. The van der Waals surface area contributed by atoms with Crippen LogP contribution in [0.25, 0.3) is 0 Å². The van der Waals surface area contributed by atoms with Crippen molar-refractivity contribution >= 4 is 21.4 Å². The lowest BCUT2D eigenvalue weighted by Gasteiger charge is -2.09. The minimum absolute atomic E-state index is 0.0830. The van der Waals surface area contributed by atoms with Crippen molar-refractivity contribution in [3.63, 3.8) is 0 Å². The predicted molar refractivity (Wildman–Crippen MR) is 75.5 cm³/mol. The summed E-state index contributed by atoms with van der Waals surface area (Å²) in [4.78, 5) is -0.0830. The van der Waals surface area contributed by atoms with Gasteiger partial charge in [0, 0.05) is 17.8 Å². The van der Waals surface area contributed by atoms with Crippen molar-refractivity contribution in [1.82, 2.24) is 5.16 Å². The summed E-state index contributed by atoms with van der Waals surface area (Å²) in [5.41, 5.74) is 8.25. The number of nitrogens with zero attached hydrogens (tertiary/aromatic N) is 1. The highest BCUT2D eigenvalue weighted by Crippen LogP contribution is 2.22. The van der Waals surface area contributed by atoms with Gasteiger partial charge < -0.3 is 15.6 Å². The molecule has 0 aliphatic rings. The highest BCUT2D eigenvalue weighted by Gasteiger charge is 2.13. The molecule has 5 N–H and O–H groups in total. The first-order valence-corrected chi connectivity index (χ1v) is 7.41. The van der Waals surface area contributed by atoms with Crippen molar-refractivity contribution in [2.45, 2.75) is 25.3 Å². The normalized spacial score (nSPS) is 11.6. The minimum atomic E-state index is -3.80. The van der Waals surface area contributed by atoms with E-state index in [9.17, 15) is 8.42 Å². The molecule has 1 heterocycles. The fourth-order valence-corrected chi connectivity index (χ4v) is 2.51. The third kappa shape index (κ3) is 2.91. The zero-order valence-electron chi connectivity index (χ0n) is 11.2. The van der Waals surface area contributed by atoms with Gasteiger partial charge in [-0.2, -0.15) is 0 Å². The molecular weight excluding hydrogens is 280 g/mol. The molecule has 2 rings (SSSR count). The number of primary sulfonamides is 1. The molecule has 0 bridgehead atoms. The second-order valence-corrected chi connectivity index (χ2v) is 5.98. The third-order valence-electron chi connectivity index (χ3n) is 2.97. The van der Waals surface area contributed by atoms with E-state index in [1.165, 1.54) is 12.1 Å². The molecule has 1 aromatic heterocycles. The first-order valence-electron chi connectivity index (χ1n) is 5.87. The number of benzene rings is 1. The van der Waals surface area contributed by atoms with Crippen LogP contribution in [0.4, 0.5) is 11.4 Å². The number of anilines is 2. The standard InChI is InChI=1S/C12H16N4O3S/c1-7-10(8(2)19-16-7)6-15-9-3-4-12(11(13)5-9)20(14,17)18/h3-5,15H,6,13H2,1-2H3,(H2,14,17,18). The maximum Gasteiger partial charge on any atom is 0.240 e. The van der Waals surface area contributed by atoms with E-state index < -0.39 is 10.0 Å². The van der Waals surface area contributed by atoms with Crippen LogP contribution in [-0.2, 0) is 16.6 Å². The molecule has 20 heavy (non-hydrogen) atoms. The van der Waals surface area contributed by atoms with E-state index >= 15 is 0 Å². The average molecular weight is 296 g/mol. The van der Waals surface area contributed by atoms with Crippen LogP contribution in [-0.4, -0.2) is 13.6 Å². The number of rotatable bonds is 4. The van der Waals surface area contributed by atoms with Crippen LogP contribution in [0.5, 0.6) is 0 Å². The van der Waals surface area contributed by atoms with Gasteiger partial charge in [0.1, 0.15) is 10.7 Å². The van der Waals surface area contributed by atoms with Gasteiger partial charge in [0.15, 0.2) is 0 Å². The maximum atomic E-state index is 11.3. The third-order valence-corrected chi connectivity index (χ3v) is 3.95. The van der Waals surface area contributed by atoms with E-state index in [4.69, 9.17) is 15.4 Å². The van der Waals surface area contributed by atoms with Gasteiger partial charge in [-0.15, -0.1) is 0 Å². The summed E-state index contributed by atoms with van der Waals surface area (Å²) in [6.45, 7) is 4.19. The Hall–Kier alpha value is -2.06. The van der Waals surface area contributed by atoms with Crippen molar-refractivity contribution in [2.24, 2.45) is 5.14 Å². The average Bonchev–Trinajstić information content (AvgIpc) is 2.65. The molecule has 1 aromatic carbocycles. The van der Waals surface area contributed by atoms with E-state index in [-0.39, 0.29) is 10.6 Å². The van der Waals surface area contributed by atoms with Gasteiger partial charge in [0.05, 0.1) is 11.4 Å². The van der Waals surface area contributed by atoms with Crippen LogP contribution in [0, 0.1) is 13.8 Å². The van der Waals surface area contributed by atoms with Crippen LogP contribution in [0.1, 0.15) is 17.0 Å². The van der Waals surface area contributed by atoms with Gasteiger partial charge in [0.25, 0.3) is 0 Å². The van der Waals surface area contributed by atoms with Crippen molar-refractivity contribution in [3.05, 3.63) is 35.2 Å². The molecular formula is C12H16N4O3S. The number of nitrogen functional groups attached to an aromatic ring is 1. The number of aromatic nitrogens is 1. The first kappa shape index (κ1) is 14.4. The topological polar surface area (TPSA) is 124 Å². The van der Waals surface area contributed by atoms with Gasteiger partial charge in [-0.1, -0.05) is 5.16 Å². The molecule has 0 unspecified atom stereocenters. The Morgan fingerprint density at radius 3 is 2.55 bits per heavy atom. The number of hydrogen-bond acceptors (Lipinski definition) is 6. The van der Waals surface area contributed by atoms with E-state index in [0.717, 1.165) is 17.0 Å². The Kier molecular flexibility index (Phi) is 3.69. The quantitative estimate of drug-likeness (QED) is 0.726. The molecule has 0 saturated heterocycles. The molecule has 0 radical (unpaired) electrons. The van der Waals surface area contributed by atoms with E-state index in [0.29, 0.717) is 12.2 Å². The minimum Gasteiger partial charge on any atom is -0.398 e. The molecule has 0 saturated carbocycles. The fourth-order valence-electron chi connectivity index (χ4n) is 1.86. The van der Waals surface area contributed by atoms with Crippen LogP contribution in [0.2, 0.25) is 0 Å².